The largest absolute Gasteiger partial charge is 0.378 e. The minimum absolute atomic E-state index is 0.203. The molecule has 0 aromatic carbocycles. The van der Waals surface area contributed by atoms with E-state index in [0.717, 1.165) is 13.1 Å². The molecular weight excluding hydrogens is 240 g/mol. The molecule has 0 aromatic heterocycles. The van der Waals surface area contributed by atoms with Crippen molar-refractivity contribution in [1.29, 1.82) is 0 Å². The van der Waals surface area contributed by atoms with Crippen LogP contribution in [0.4, 0.5) is 0 Å². The zero-order chi connectivity index (χ0) is 12.5. The highest BCUT2D eigenvalue weighted by Crippen LogP contribution is 2.30. The summed E-state index contributed by atoms with van der Waals surface area (Å²) < 4.78 is 5.80. The SMILES string of the molecule is CC(C)[N+]1(N2CCOCC2)C(N)=NC=CC1Cl. The van der Waals surface area contributed by atoms with Crippen LogP contribution in [-0.4, -0.2) is 53.4 Å². The van der Waals surface area contributed by atoms with Gasteiger partial charge in [-0.3, -0.25) is 0 Å². The van der Waals surface area contributed by atoms with Crippen molar-refractivity contribution in [1.82, 2.24) is 5.01 Å². The summed E-state index contributed by atoms with van der Waals surface area (Å²) in [5.41, 5.74) is 5.94. The number of quaternary nitrogens is 1. The molecule has 0 spiro atoms. The summed E-state index contributed by atoms with van der Waals surface area (Å²) >= 11 is 6.50. The lowest BCUT2D eigenvalue weighted by Gasteiger charge is -2.50. The van der Waals surface area contributed by atoms with Crippen LogP contribution in [0.25, 0.3) is 0 Å². The first kappa shape index (κ1) is 12.8. The van der Waals surface area contributed by atoms with E-state index in [1.807, 2.05) is 6.08 Å². The third-order valence-electron chi connectivity index (χ3n) is 3.44. The van der Waals surface area contributed by atoms with Gasteiger partial charge in [0.1, 0.15) is 6.04 Å². The minimum Gasteiger partial charge on any atom is -0.378 e. The minimum atomic E-state index is -0.203. The van der Waals surface area contributed by atoms with E-state index < -0.39 is 0 Å². The molecule has 1 fully saturated rings. The molecule has 2 atom stereocenters. The number of guanidine groups is 1. The summed E-state index contributed by atoms with van der Waals surface area (Å²) in [6.45, 7) is 7.32. The van der Waals surface area contributed by atoms with Crippen molar-refractivity contribution in [2.24, 2.45) is 10.7 Å². The van der Waals surface area contributed by atoms with Crippen molar-refractivity contribution >= 4 is 17.6 Å². The van der Waals surface area contributed by atoms with E-state index >= 15 is 0 Å². The van der Waals surface area contributed by atoms with E-state index in [0.29, 0.717) is 23.8 Å². The van der Waals surface area contributed by atoms with E-state index in [4.69, 9.17) is 22.1 Å². The Labute approximate surface area is 107 Å². The predicted molar refractivity (Wildman–Crippen MR) is 68.2 cm³/mol. The van der Waals surface area contributed by atoms with Gasteiger partial charge in [-0.15, -0.1) is 5.01 Å². The summed E-state index contributed by atoms with van der Waals surface area (Å²) in [5, 5.41) is 2.26. The molecular formula is C11H20ClN4O+. The predicted octanol–water partition coefficient (Wildman–Crippen LogP) is 0.866. The van der Waals surface area contributed by atoms with Crippen LogP contribution in [0.1, 0.15) is 13.8 Å². The van der Waals surface area contributed by atoms with E-state index in [9.17, 15) is 0 Å². The second-order valence-corrected chi connectivity index (χ2v) is 5.05. The Hall–Kier alpha value is -0.620. The molecule has 0 bridgehead atoms. The number of aliphatic imine (C=N–C) groups is 1. The van der Waals surface area contributed by atoms with Gasteiger partial charge in [-0.05, 0) is 13.8 Å². The molecule has 2 heterocycles. The van der Waals surface area contributed by atoms with Gasteiger partial charge >= 0.3 is 5.96 Å². The average molecular weight is 260 g/mol. The second-order valence-electron chi connectivity index (χ2n) is 4.60. The Bertz CT molecular complexity index is 338. The van der Waals surface area contributed by atoms with Crippen LogP contribution in [0, 0.1) is 0 Å². The molecule has 2 aliphatic heterocycles. The zero-order valence-corrected chi connectivity index (χ0v) is 11.1. The van der Waals surface area contributed by atoms with Gasteiger partial charge in [0.25, 0.3) is 0 Å². The molecule has 0 amide bonds. The van der Waals surface area contributed by atoms with Crippen molar-refractivity contribution in [2.45, 2.75) is 25.4 Å². The highest BCUT2D eigenvalue weighted by atomic mass is 35.5. The maximum atomic E-state index is 6.50. The average Bonchev–Trinajstić information content (AvgIpc) is 2.30. The topological polar surface area (TPSA) is 50.9 Å². The Morgan fingerprint density at radius 3 is 2.71 bits per heavy atom. The summed E-state index contributed by atoms with van der Waals surface area (Å²) in [6.07, 6.45) is 3.58. The van der Waals surface area contributed by atoms with E-state index in [1.54, 1.807) is 6.20 Å². The van der Waals surface area contributed by atoms with Crippen LogP contribution in [-0.2, 0) is 4.74 Å². The lowest BCUT2D eigenvalue weighted by molar-refractivity contribution is -0.985. The number of nitrogens with two attached hydrogens (primary N) is 1. The van der Waals surface area contributed by atoms with Crippen LogP contribution >= 0.6 is 11.6 Å². The Kier molecular flexibility index (Phi) is 3.73. The molecule has 0 saturated carbocycles. The van der Waals surface area contributed by atoms with Crippen LogP contribution in [0.15, 0.2) is 17.3 Å². The van der Waals surface area contributed by atoms with Crippen molar-refractivity contribution < 1.29 is 9.33 Å². The van der Waals surface area contributed by atoms with E-state index in [-0.39, 0.29) is 11.5 Å². The Balaban J connectivity index is 2.37. The number of nitrogens with zero attached hydrogens (tertiary/aromatic N) is 3. The first-order valence-corrected chi connectivity index (χ1v) is 6.40. The van der Waals surface area contributed by atoms with Gasteiger partial charge < -0.3 is 10.5 Å². The van der Waals surface area contributed by atoms with Crippen molar-refractivity contribution in [3.05, 3.63) is 12.3 Å². The number of morpholine rings is 1. The third kappa shape index (κ3) is 1.97. The number of rotatable bonds is 2. The highest BCUT2D eigenvalue weighted by Gasteiger charge is 2.50. The molecule has 2 unspecified atom stereocenters. The Morgan fingerprint density at radius 1 is 1.53 bits per heavy atom. The van der Waals surface area contributed by atoms with Gasteiger partial charge in [-0.25, -0.2) is 0 Å². The van der Waals surface area contributed by atoms with Crippen molar-refractivity contribution in [3.8, 4) is 0 Å². The number of ether oxygens (including phenoxy) is 1. The van der Waals surface area contributed by atoms with Crippen LogP contribution in [0.3, 0.4) is 0 Å². The molecule has 96 valence electrons. The van der Waals surface area contributed by atoms with Crippen LogP contribution < -0.4 is 5.73 Å². The fourth-order valence-corrected chi connectivity index (χ4v) is 3.12. The number of hydrogen-bond acceptors (Lipinski definition) is 4. The monoisotopic (exact) mass is 259 g/mol. The highest BCUT2D eigenvalue weighted by molar-refractivity contribution is 6.21. The number of hydrogen-bond donors (Lipinski definition) is 1. The van der Waals surface area contributed by atoms with Crippen molar-refractivity contribution in [3.63, 3.8) is 0 Å². The lowest BCUT2D eigenvalue weighted by atomic mass is 10.2. The second kappa shape index (κ2) is 4.94. The molecule has 2 N–H and O–H groups in total. The molecule has 0 aliphatic carbocycles. The van der Waals surface area contributed by atoms with E-state index in [2.05, 4.69) is 23.8 Å². The van der Waals surface area contributed by atoms with Crippen LogP contribution in [0.2, 0.25) is 0 Å². The fraction of sp³-hybridized carbons (Fsp3) is 0.727. The number of alkyl halides is 1. The quantitative estimate of drug-likeness (QED) is 0.455. The third-order valence-corrected chi connectivity index (χ3v) is 3.88. The summed E-state index contributed by atoms with van der Waals surface area (Å²) in [5.74, 6) is 0.560. The van der Waals surface area contributed by atoms with E-state index in [1.165, 1.54) is 0 Å². The smallest absolute Gasteiger partial charge is 0.321 e. The summed E-state index contributed by atoms with van der Waals surface area (Å²) in [4.78, 5) is 4.25. The first-order chi connectivity index (χ1) is 8.10. The molecule has 1 saturated heterocycles. The molecule has 5 nitrogen and oxygen atoms in total. The molecule has 6 heteroatoms. The van der Waals surface area contributed by atoms with Gasteiger partial charge in [-0.2, -0.15) is 9.58 Å². The first-order valence-electron chi connectivity index (χ1n) is 5.96. The normalized spacial score (nSPS) is 35.1. The molecule has 0 radical (unpaired) electrons. The molecule has 17 heavy (non-hydrogen) atoms. The standard InChI is InChI=1S/C11H20ClN4O/c1-9(2)16(15-5-7-17-8-6-15)10(12)3-4-14-11(16)13/h3-4,9-10H,5-8H2,1-2H3,(H2,13,14)/q+1. The Morgan fingerprint density at radius 2 is 2.18 bits per heavy atom. The summed E-state index contributed by atoms with van der Waals surface area (Å²) in [7, 11) is 0. The number of halogens is 1. The van der Waals surface area contributed by atoms with Gasteiger partial charge in [0.2, 0.25) is 5.50 Å². The molecule has 2 aliphatic rings. The lowest BCUT2D eigenvalue weighted by Crippen LogP contribution is -2.74. The molecule has 0 aromatic rings. The van der Waals surface area contributed by atoms with Gasteiger partial charge in [0, 0.05) is 12.3 Å². The maximum absolute atomic E-state index is 6.50. The van der Waals surface area contributed by atoms with Gasteiger partial charge in [-0.1, -0.05) is 11.6 Å². The zero-order valence-electron chi connectivity index (χ0n) is 10.3. The fourth-order valence-electron chi connectivity index (χ4n) is 2.60. The van der Waals surface area contributed by atoms with Gasteiger partial charge in [0.05, 0.1) is 26.3 Å². The van der Waals surface area contributed by atoms with Gasteiger partial charge in [0.15, 0.2) is 0 Å². The summed E-state index contributed by atoms with van der Waals surface area (Å²) in [6, 6.07) is 0.240. The van der Waals surface area contributed by atoms with Crippen molar-refractivity contribution in [2.75, 3.05) is 26.3 Å². The molecule has 2 rings (SSSR count). The maximum Gasteiger partial charge on any atom is 0.321 e. The van der Waals surface area contributed by atoms with Crippen LogP contribution in [0.5, 0.6) is 0 Å².